The van der Waals surface area contributed by atoms with Crippen LogP contribution in [0.5, 0.6) is 5.75 Å². The van der Waals surface area contributed by atoms with Gasteiger partial charge in [0, 0.05) is 6.42 Å². The van der Waals surface area contributed by atoms with E-state index in [2.05, 4.69) is 65.1 Å². The van der Waals surface area contributed by atoms with Crippen molar-refractivity contribution in [1.82, 2.24) is 0 Å². The molecule has 1 aliphatic heterocycles. The summed E-state index contributed by atoms with van der Waals surface area (Å²) in [6, 6.07) is 8.00. The molecule has 6 heteroatoms. The van der Waals surface area contributed by atoms with E-state index in [1.54, 1.807) is 7.11 Å². The normalized spacial score (nSPS) is 19.9. The number of esters is 1. The first-order valence-corrected chi connectivity index (χ1v) is 17.4. The zero-order chi connectivity index (χ0) is 28.0. The molecule has 1 saturated heterocycles. The quantitative estimate of drug-likeness (QED) is 0.150. The standard InChI is InChI=1S/C32H52O5Si/c1-8-9-13-17-29(35-25-26-19-21-27(34-5)22-20-26)30(37-38(6,7)32(2,3)4)24-23-28-16-14-11-10-12-15-18-31(33)36-28/h9,13,19-24,28-30H,8,10-12,14-18,25H2,1-7H3/b13-9-,24-23+/t28-,29+,30+/m1/s1. The van der Waals surface area contributed by atoms with Crippen LogP contribution in [-0.4, -0.2) is 39.7 Å². The second-order valence-corrected chi connectivity index (χ2v) is 16.6. The number of benzene rings is 1. The minimum atomic E-state index is -2.11. The predicted octanol–water partition coefficient (Wildman–Crippen LogP) is 8.54. The van der Waals surface area contributed by atoms with Crippen molar-refractivity contribution < 1.29 is 23.4 Å². The molecule has 2 rings (SSSR count). The van der Waals surface area contributed by atoms with Crippen LogP contribution in [0.4, 0.5) is 0 Å². The van der Waals surface area contributed by atoms with E-state index in [1.807, 2.05) is 24.3 Å². The summed E-state index contributed by atoms with van der Waals surface area (Å²) < 4.78 is 24.7. The smallest absolute Gasteiger partial charge is 0.306 e. The molecule has 1 aromatic carbocycles. The van der Waals surface area contributed by atoms with Crippen LogP contribution < -0.4 is 4.74 Å². The fourth-order valence-corrected chi connectivity index (χ4v) is 5.44. The highest BCUT2D eigenvalue weighted by Crippen LogP contribution is 2.38. The van der Waals surface area contributed by atoms with Crippen LogP contribution in [0.25, 0.3) is 0 Å². The fourth-order valence-electron chi connectivity index (χ4n) is 4.18. The van der Waals surface area contributed by atoms with E-state index in [-0.39, 0.29) is 29.3 Å². The van der Waals surface area contributed by atoms with Crippen molar-refractivity contribution in [2.75, 3.05) is 7.11 Å². The van der Waals surface area contributed by atoms with Gasteiger partial charge in [-0.3, -0.25) is 4.79 Å². The molecular weight excluding hydrogens is 492 g/mol. The summed E-state index contributed by atoms with van der Waals surface area (Å²) in [5, 5.41) is 0.0573. The van der Waals surface area contributed by atoms with Gasteiger partial charge in [0.2, 0.25) is 0 Å². The molecule has 0 saturated carbocycles. The zero-order valence-electron chi connectivity index (χ0n) is 25.0. The first kappa shape index (κ1) is 32.3. The average Bonchev–Trinajstić information content (AvgIpc) is 2.87. The zero-order valence-corrected chi connectivity index (χ0v) is 26.0. The fraction of sp³-hybridized carbons (Fsp3) is 0.656. The number of allylic oxidation sites excluding steroid dienone is 1. The molecule has 3 atom stereocenters. The first-order chi connectivity index (χ1) is 18.1. The Labute approximate surface area is 233 Å². The molecule has 1 fully saturated rings. The molecule has 1 aromatic rings. The topological polar surface area (TPSA) is 54.0 Å². The van der Waals surface area contributed by atoms with Gasteiger partial charge in [-0.25, -0.2) is 0 Å². The van der Waals surface area contributed by atoms with E-state index in [1.165, 1.54) is 12.8 Å². The lowest BCUT2D eigenvalue weighted by Gasteiger charge is -2.40. The number of carbonyl (C=O) groups excluding carboxylic acids is 1. The Morgan fingerprint density at radius 2 is 1.74 bits per heavy atom. The van der Waals surface area contributed by atoms with Gasteiger partial charge in [-0.05, 0) is 74.0 Å². The minimum absolute atomic E-state index is 0.0573. The van der Waals surface area contributed by atoms with Crippen molar-refractivity contribution in [3.05, 3.63) is 54.1 Å². The van der Waals surface area contributed by atoms with Gasteiger partial charge < -0.3 is 18.6 Å². The van der Waals surface area contributed by atoms with Gasteiger partial charge in [0.15, 0.2) is 8.32 Å². The highest BCUT2D eigenvalue weighted by Gasteiger charge is 2.40. The lowest BCUT2D eigenvalue weighted by Crippen LogP contribution is -2.47. The average molecular weight is 545 g/mol. The van der Waals surface area contributed by atoms with Crippen LogP contribution in [0.1, 0.15) is 91.0 Å². The summed E-state index contributed by atoms with van der Waals surface area (Å²) >= 11 is 0. The van der Waals surface area contributed by atoms with E-state index in [9.17, 15) is 4.79 Å². The molecule has 0 amide bonds. The lowest BCUT2D eigenvalue weighted by molar-refractivity contribution is -0.147. The highest BCUT2D eigenvalue weighted by molar-refractivity contribution is 6.74. The van der Waals surface area contributed by atoms with E-state index >= 15 is 0 Å². The molecule has 214 valence electrons. The maximum absolute atomic E-state index is 12.4. The monoisotopic (exact) mass is 544 g/mol. The number of hydrogen-bond acceptors (Lipinski definition) is 5. The molecule has 0 spiro atoms. The first-order valence-electron chi connectivity index (χ1n) is 14.5. The van der Waals surface area contributed by atoms with Crippen molar-refractivity contribution in [2.45, 2.75) is 129 Å². The van der Waals surface area contributed by atoms with Crippen LogP contribution in [-0.2, 0) is 25.3 Å². The van der Waals surface area contributed by atoms with Gasteiger partial charge >= 0.3 is 5.97 Å². The Morgan fingerprint density at radius 3 is 2.39 bits per heavy atom. The van der Waals surface area contributed by atoms with Crippen molar-refractivity contribution in [1.29, 1.82) is 0 Å². The molecule has 0 N–H and O–H groups in total. The van der Waals surface area contributed by atoms with Gasteiger partial charge in [0.05, 0.1) is 25.9 Å². The molecule has 5 nitrogen and oxygen atoms in total. The molecule has 0 aliphatic carbocycles. The van der Waals surface area contributed by atoms with E-state index < -0.39 is 8.32 Å². The molecule has 0 radical (unpaired) electrons. The maximum Gasteiger partial charge on any atom is 0.306 e. The lowest BCUT2D eigenvalue weighted by atomic mass is 10.0. The molecule has 1 aliphatic rings. The Balaban J connectivity index is 2.30. The molecule has 38 heavy (non-hydrogen) atoms. The largest absolute Gasteiger partial charge is 0.497 e. The van der Waals surface area contributed by atoms with Crippen molar-refractivity contribution in [3.8, 4) is 5.75 Å². The Bertz CT molecular complexity index is 869. The highest BCUT2D eigenvalue weighted by atomic mass is 28.4. The van der Waals surface area contributed by atoms with Crippen LogP contribution in [0.15, 0.2) is 48.6 Å². The Kier molecular flexibility index (Phi) is 13.8. The summed E-state index contributed by atoms with van der Waals surface area (Å²) in [5.41, 5.74) is 1.09. The third-order valence-electron chi connectivity index (χ3n) is 7.67. The van der Waals surface area contributed by atoms with Crippen LogP contribution in [0.3, 0.4) is 0 Å². The third kappa shape index (κ3) is 11.5. The van der Waals surface area contributed by atoms with Crippen molar-refractivity contribution in [2.24, 2.45) is 0 Å². The SMILES string of the molecule is CC/C=C\C[C@H](OCc1ccc(OC)cc1)[C@H](/C=C/[C@H]1CCCCCCCC(=O)O1)O[Si](C)(C)C(C)(C)C. The van der Waals surface area contributed by atoms with Gasteiger partial charge in [0.1, 0.15) is 11.9 Å². The van der Waals surface area contributed by atoms with Gasteiger partial charge in [0.25, 0.3) is 0 Å². The van der Waals surface area contributed by atoms with Crippen LogP contribution in [0, 0.1) is 0 Å². The summed E-state index contributed by atoms with van der Waals surface area (Å²) in [6.07, 6.45) is 16.4. The summed E-state index contributed by atoms with van der Waals surface area (Å²) in [6.45, 7) is 14.0. The number of methoxy groups -OCH3 is 1. The minimum Gasteiger partial charge on any atom is -0.497 e. The van der Waals surface area contributed by atoms with Crippen LogP contribution in [0.2, 0.25) is 18.1 Å². The van der Waals surface area contributed by atoms with E-state index in [0.717, 1.165) is 49.8 Å². The number of ether oxygens (including phenoxy) is 3. The second-order valence-electron chi connectivity index (χ2n) is 11.9. The number of rotatable bonds is 12. The third-order valence-corrected chi connectivity index (χ3v) is 12.1. The van der Waals surface area contributed by atoms with E-state index in [0.29, 0.717) is 13.0 Å². The number of carbonyl (C=O) groups is 1. The van der Waals surface area contributed by atoms with Gasteiger partial charge in [-0.2, -0.15) is 0 Å². The second kappa shape index (κ2) is 16.3. The maximum atomic E-state index is 12.4. The van der Waals surface area contributed by atoms with Crippen LogP contribution >= 0.6 is 0 Å². The summed E-state index contributed by atoms with van der Waals surface area (Å²) in [5.74, 6) is 0.736. The Hall–Kier alpha value is -1.89. The van der Waals surface area contributed by atoms with Gasteiger partial charge in [-0.15, -0.1) is 0 Å². The predicted molar refractivity (Wildman–Crippen MR) is 159 cm³/mol. The molecule has 1 heterocycles. The number of hydrogen-bond donors (Lipinski definition) is 0. The summed E-state index contributed by atoms with van der Waals surface area (Å²) in [4.78, 5) is 12.4. The number of cyclic esters (lactones) is 1. The summed E-state index contributed by atoms with van der Waals surface area (Å²) in [7, 11) is -0.438. The Morgan fingerprint density at radius 1 is 1.05 bits per heavy atom. The molecular formula is C32H52O5Si. The van der Waals surface area contributed by atoms with Crippen molar-refractivity contribution >= 4 is 14.3 Å². The molecule has 0 unspecified atom stereocenters. The van der Waals surface area contributed by atoms with E-state index in [4.69, 9.17) is 18.6 Å². The van der Waals surface area contributed by atoms with Gasteiger partial charge in [-0.1, -0.05) is 77.3 Å². The van der Waals surface area contributed by atoms with Crippen molar-refractivity contribution in [3.63, 3.8) is 0 Å². The molecule has 0 aromatic heterocycles. The molecule has 0 bridgehead atoms.